The molecule has 2 aromatic carbocycles. The Hall–Kier alpha value is -3.25. The Morgan fingerprint density at radius 2 is 1.63 bits per heavy atom. The lowest BCUT2D eigenvalue weighted by Gasteiger charge is -2.19. The van der Waals surface area contributed by atoms with Gasteiger partial charge in [0.2, 0.25) is 0 Å². The van der Waals surface area contributed by atoms with Crippen LogP contribution in [0.3, 0.4) is 0 Å². The van der Waals surface area contributed by atoms with Crippen molar-refractivity contribution in [2.24, 2.45) is 0 Å². The third-order valence-corrected chi connectivity index (χ3v) is 4.18. The first-order chi connectivity index (χ1) is 14.4. The molecule has 6 nitrogen and oxygen atoms in total. The molecule has 0 amide bonds. The molecule has 0 unspecified atom stereocenters. The highest BCUT2D eigenvalue weighted by Crippen LogP contribution is 2.18. The van der Waals surface area contributed by atoms with Crippen molar-refractivity contribution >= 4 is 5.97 Å². The van der Waals surface area contributed by atoms with Crippen molar-refractivity contribution < 1.29 is 14.3 Å². The monoisotopic (exact) mass is 405 g/mol. The van der Waals surface area contributed by atoms with Gasteiger partial charge in [0.25, 0.3) is 0 Å². The minimum absolute atomic E-state index is 0.104. The predicted octanol–water partition coefficient (Wildman–Crippen LogP) is 4.15. The summed E-state index contributed by atoms with van der Waals surface area (Å²) in [4.78, 5) is 19.9. The summed E-state index contributed by atoms with van der Waals surface area (Å²) in [6.45, 7) is 6.84. The van der Waals surface area contributed by atoms with Gasteiger partial charge in [-0.1, -0.05) is 36.4 Å². The van der Waals surface area contributed by atoms with Gasteiger partial charge in [-0.3, -0.25) is 0 Å². The lowest BCUT2D eigenvalue weighted by atomic mass is 10.1. The number of ether oxygens (including phenoxy) is 2. The number of nitrogens with one attached hydrogen (secondary N) is 1. The van der Waals surface area contributed by atoms with Crippen LogP contribution in [-0.2, 0) is 22.6 Å². The first kappa shape index (κ1) is 21.5. The molecule has 30 heavy (non-hydrogen) atoms. The fraction of sp³-hybridized carbons (Fsp3) is 0.292. The number of carbonyl (C=O) groups excluding carboxylic acids is 1. The number of carbonyl (C=O) groups is 1. The van der Waals surface area contributed by atoms with Crippen LogP contribution >= 0.6 is 0 Å². The van der Waals surface area contributed by atoms with Gasteiger partial charge in [-0.25, -0.2) is 14.8 Å². The highest BCUT2D eigenvalue weighted by atomic mass is 16.6. The molecular formula is C24H27N3O3. The molecule has 156 valence electrons. The van der Waals surface area contributed by atoms with Crippen LogP contribution < -0.4 is 10.1 Å². The summed E-state index contributed by atoms with van der Waals surface area (Å²) in [5.41, 5.74) is 3.84. The van der Waals surface area contributed by atoms with Gasteiger partial charge in [0.05, 0.1) is 0 Å². The molecule has 1 N–H and O–H groups in total. The normalized spacial score (nSPS) is 11.2. The molecule has 0 aliphatic rings. The molecule has 0 bridgehead atoms. The van der Waals surface area contributed by atoms with Crippen LogP contribution in [0, 0.1) is 0 Å². The second-order valence-corrected chi connectivity index (χ2v) is 7.95. The zero-order chi connectivity index (χ0) is 21.4. The van der Waals surface area contributed by atoms with Crippen LogP contribution in [0.1, 0.15) is 31.9 Å². The van der Waals surface area contributed by atoms with E-state index in [9.17, 15) is 4.79 Å². The molecule has 6 heteroatoms. The van der Waals surface area contributed by atoms with Crippen LogP contribution in [0.15, 0.2) is 67.3 Å². The van der Waals surface area contributed by atoms with Gasteiger partial charge in [-0.05, 0) is 49.6 Å². The van der Waals surface area contributed by atoms with Gasteiger partial charge in [-0.2, -0.15) is 0 Å². The van der Waals surface area contributed by atoms with Crippen LogP contribution in [0.5, 0.6) is 5.75 Å². The minimum atomic E-state index is -0.515. The van der Waals surface area contributed by atoms with Gasteiger partial charge in [0, 0.05) is 31.0 Å². The molecule has 0 saturated carbocycles. The van der Waals surface area contributed by atoms with E-state index in [0.717, 1.165) is 23.2 Å². The molecule has 1 heterocycles. The minimum Gasteiger partial charge on any atom is -0.482 e. The maximum atomic E-state index is 11.8. The lowest BCUT2D eigenvalue weighted by Crippen LogP contribution is -2.27. The van der Waals surface area contributed by atoms with Crippen molar-refractivity contribution in [1.29, 1.82) is 0 Å². The standard InChI is InChI=1S/C24H27N3O3/c1-24(2,3)30-23(28)16-29-22-6-4-5-19(11-22)13-25-12-18-7-9-20(10-8-18)21-14-26-17-27-15-21/h4-11,14-15,17,25H,12-13,16H2,1-3H3. The summed E-state index contributed by atoms with van der Waals surface area (Å²) >= 11 is 0. The first-order valence-electron chi connectivity index (χ1n) is 9.88. The van der Waals surface area contributed by atoms with E-state index in [4.69, 9.17) is 9.47 Å². The summed E-state index contributed by atoms with van der Waals surface area (Å²) in [6.07, 6.45) is 5.13. The van der Waals surface area contributed by atoms with Gasteiger partial charge in [-0.15, -0.1) is 0 Å². The number of nitrogens with zero attached hydrogens (tertiary/aromatic N) is 2. The second-order valence-electron chi connectivity index (χ2n) is 7.95. The van der Waals surface area contributed by atoms with Gasteiger partial charge >= 0.3 is 5.97 Å². The predicted molar refractivity (Wildman–Crippen MR) is 116 cm³/mol. The quantitative estimate of drug-likeness (QED) is 0.568. The Labute approximate surface area is 177 Å². The Morgan fingerprint density at radius 1 is 0.933 bits per heavy atom. The zero-order valence-corrected chi connectivity index (χ0v) is 17.6. The number of benzene rings is 2. The van der Waals surface area contributed by atoms with Crippen molar-refractivity contribution in [3.05, 3.63) is 78.4 Å². The van der Waals surface area contributed by atoms with Crippen molar-refractivity contribution in [2.45, 2.75) is 39.5 Å². The van der Waals surface area contributed by atoms with E-state index in [1.54, 1.807) is 12.4 Å². The Morgan fingerprint density at radius 3 is 2.33 bits per heavy atom. The van der Waals surface area contributed by atoms with Crippen LogP contribution in [0.4, 0.5) is 0 Å². The topological polar surface area (TPSA) is 73.3 Å². The van der Waals surface area contributed by atoms with Gasteiger partial charge in [0.1, 0.15) is 17.7 Å². The summed E-state index contributed by atoms with van der Waals surface area (Å²) in [5, 5.41) is 3.43. The number of hydrogen-bond acceptors (Lipinski definition) is 6. The van der Waals surface area contributed by atoms with Gasteiger partial charge in [0.15, 0.2) is 6.61 Å². The first-order valence-corrected chi connectivity index (χ1v) is 9.88. The zero-order valence-electron chi connectivity index (χ0n) is 17.6. The maximum absolute atomic E-state index is 11.8. The molecule has 3 rings (SSSR count). The molecule has 0 aliphatic heterocycles. The van der Waals surface area contributed by atoms with Crippen molar-refractivity contribution in [1.82, 2.24) is 15.3 Å². The van der Waals surface area contributed by atoms with Crippen LogP contribution in [0.2, 0.25) is 0 Å². The summed E-state index contributed by atoms with van der Waals surface area (Å²) in [5.74, 6) is 0.270. The smallest absolute Gasteiger partial charge is 0.344 e. The second kappa shape index (κ2) is 9.98. The van der Waals surface area contributed by atoms with E-state index in [-0.39, 0.29) is 12.6 Å². The van der Waals surface area contributed by atoms with E-state index in [0.29, 0.717) is 12.3 Å². The largest absolute Gasteiger partial charge is 0.482 e. The number of aromatic nitrogens is 2. The third-order valence-electron chi connectivity index (χ3n) is 4.18. The van der Waals surface area contributed by atoms with Crippen molar-refractivity contribution in [3.8, 4) is 16.9 Å². The Bertz CT molecular complexity index is 951. The summed E-state index contributed by atoms with van der Waals surface area (Å²) in [6, 6.07) is 16.0. The molecule has 0 aliphatic carbocycles. The van der Waals surface area contributed by atoms with Crippen LogP contribution in [-0.4, -0.2) is 28.1 Å². The molecule has 1 aromatic heterocycles. The molecule has 0 atom stereocenters. The fourth-order valence-electron chi connectivity index (χ4n) is 2.87. The van der Waals surface area contributed by atoms with Crippen LogP contribution in [0.25, 0.3) is 11.1 Å². The number of esters is 1. The van der Waals surface area contributed by atoms with E-state index in [2.05, 4.69) is 39.6 Å². The number of hydrogen-bond donors (Lipinski definition) is 1. The number of rotatable bonds is 8. The Balaban J connectivity index is 1.47. The lowest BCUT2D eigenvalue weighted by molar-refractivity contribution is -0.157. The van der Waals surface area contributed by atoms with E-state index >= 15 is 0 Å². The highest BCUT2D eigenvalue weighted by Gasteiger charge is 2.16. The molecule has 0 saturated heterocycles. The van der Waals surface area contributed by atoms with Crippen molar-refractivity contribution in [2.75, 3.05) is 6.61 Å². The SMILES string of the molecule is CC(C)(C)OC(=O)COc1cccc(CNCc2ccc(-c3cncnc3)cc2)c1. The molecule has 3 aromatic rings. The maximum Gasteiger partial charge on any atom is 0.344 e. The highest BCUT2D eigenvalue weighted by molar-refractivity contribution is 5.71. The fourth-order valence-corrected chi connectivity index (χ4v) is 2.87. The molecule has 0 fully saturated rings. The van der Waals surface area contributed by atoms with E-state index in [1.165, 1.54) is 11.9 Å². The van der Waals surface area contributed by atoms with Crippen molar-refractivity contribution in [3.63, 3.8) is 0 Å². The summed E-state index contributed by atoms with van der Waals surface area (Å²) < 4.78 is 10.8. The molecule has 0 radical (unpaired) electrons. The van der Waals surface area contributed by atoms with E-state index in [1.807, 2.05) is 45.0 Å². The molecule has 0 spiro atoms. The van der Waals surface area contributed by atoms with Gasteiger partial charge < -0.3 is 14.8 Å². The average Bonchev–Trinajstić information content (AvgIpc) is 2.73. The van der Waals surface area contributed by atoms with E-state index < -0.39 is 5.60 Å². The molecular weight excluding hydrogens is 378 g/mol. The Kier molecular flexibility index (Phi) is 7.14. The summed E-state index contributed by atoms with van der Waals surface area (Å²) in [7, 11) is 0. The average molecular weight is 405 g/mol. The third kappa shape index (κ3) is 6.97.